The maximum Gasteiger partial charge on any atom is 0.309 e. The molecule has 5 nitrogen and oxygen atoms in total. The average Bonchev–Trinajstić information content (AvgIpc) is 3.01. The van der Waals surface area contributed by atoms with Crippen LogP contribution in [0.25, 0.3) is 0 Å². The molecule has 5 unspecified atom stereocenters. The highest BCUT2D eigenvalue weighted by Crippen LogP contribution is 2.39. The summed E-state index contributed by atoms with van der Waals surface area (Å²) in [5, 5.41) is 0.0865. The van der Waals surface area contributed by atoms with Crippen LogP contribution in [0.1, 0.15) is 150 Å². The molecule has 1 aliphatic heterocycles. The molecule has 0 aromatic heterocycles. The number of unbranched alkanes of at least 4 members (excludes halogenated alkanes) is 8. The summed E-state index contributed by atoms with van der Waals surface area (Å²) in [5.74, 6) is -0.0126. The maximum absolute atomic E-state index is 13.9. The monoisotopic (exact) mass is 661 g/mol. The van der Waals surface area contributed by atoms with E-state index >= 15 is 0 Å². The predicted molar refractivity (Wildman–Crippen MR) is 196 cm³/mol. The zero-order valence-corrected chi connectivity index (χ0v) is 32.2. The lowest BCUT2D eigenvalue weighted by Gasteiger charge is -2.42. The minimum atomic E-state index is -2.09. The van der Waals surface area contributed by atoms with Gasteiger partial charge in [-0.2, -0.15) is 0 Å². The topological polar surface area (TPSA) is 54.0 Å². The lowest BCUT2D eigenvalue weighted by Crippen LogP contribution is -2.47. The molecule has 1 aromatic carbocycles. The molecule has 5 atom stereocenters. The molecule has 266 valence electrons. The predicted octanol–water partition coefficient (Wildman–Crippen LogP) is 11.4. The van der Waals surface area contributed by atoms with Gasteiger partial charge in [0.05, 0.1) is 24.7 Å². The Morgan fingerprint density at radius 1 is 0.913 bits per heavy atom. The number of hydrogen-bond acceptors (Lipinski definition) is 5. The molecule has 1 saturated heterocycles. The molecule has 2 rings (SSSR count). The van der Waals surface area contributed by atoms with Gasteiger partial charge in [-0.15, -0.1) is 0 Å². The summed E-state index contributed by atoms with van der Waals surface area (Å²) >= 11 is 0. The molecule has 0 N–H and O–H groups in total. The van der Waals surface area contributed by atoms with Gasteiger partial charge in [0.2, 0.25) is 0 Å². The van der Waals surface area contributed by atoms with Gasteiger partial charge in [-0.1, -0.05) is 129 Å². The van der Waals surface area contributed by atoms with Crippen LogP contribution in [0.5, 0.6) is 0 Å². The van der Waals surface area contributed by atoms with E-state index in [1.165, 1.54) is 56.9 Å². The highest BCUT2D eigenvalue weighted by molar-refractivity contribution is 6.74. The third-order valence-corrected chi connectivity index (χ3v) is 14.8. The molecule has 0 bridgehead atoms. The Labute approximate surface area is 285 Å². The molecule has 0 amide bonds. The van der Waals surface area contributed by atoms with E-state index in [-0.39, 0.29) is 41.3 Å². The molecule has 6 heteroatoms. The van der Waals surface area contributed by atoms with Gasteiger partial charge in [0, 0.05) is 12.5 Å². The van der Waals surface area contributed by atoms with Crippen molar-refractivity contribution in [3.8, 4) is 0 Å². The van der Waals surface area contributed by atoms with Gasteiger partial charge in [-0.05, 0) is 75.6 Å². The SMILES string of the molecule is CCCCCCCCC(Cc1ccccc1)C(=O)OCC(CCCCCC)C(CC(C)OC1CCCCO1)O[Si](C)(C)C(C)(C)C. The Balaban J connectivity index is 2.21. The Morgan fingerprint density at radius 2 is 1.54 bits per heavy atom. The van der Waals surface area contributed by atoms with E-state index in [2.05, 4.69) is 78.9 Å². The van der Waals surface area contributed by atoms with Crippen LogP contribution in [-0.2, 0) is 29.9 Å². The minimum absolute atomic E-state index is 0.00486. The number of carbonyl (C=O) groups excluding carboxylic acids is 1. The summed E-state index contributed by atoms with van der Waals surface area (Å²) in [7, 11) is -2.09. The number of rotatable bonds is 24. The third-order valence-electron chi connectivity index (χ3n) is 10.3. The fraction of sp³-hybridized carbons (Fsp3) is 0.825. The highest BCUT2D eigenvalue weighted by atomic mass is 28.4. The van der Waals surface area contributed by atoms with E-state index < -0.39 is 8.32 Å². The average molecular weight is 661 g/mol. The zero-order chi connectivity index (χ0) is 33.8. The molecular weight excluding hydrogens is 589 g/mol. The van der Waals surface area contributed by atoms with Crippen molar-refractivity contribution in [3.63, 3.8) is 0 Å². The van der Waals surface area contributed by atoms with E-state index in [9.17, 15) is 4.79 Å². The molecule has 1 aromatic rings. The first kappa shape index (κ1) is 41.0. The maximum atomic E-state index is 13.9. The van der Waals surface area contributed by atoms with Gasteiger partial charge >= 0.3 is 5.97 Å². The quantitative estimate of drug-likeness (QED) is 0.0627. The van der Waals surface area contributed by atoms with Crippen molar-refractivity contribution < 1.29 is 23.4 Å². The summed E-state index contributed by atoms with van der Waals surface area (Å²) in [4.78, 5) is 13.9. The lowest BCUT2D eigenvalue weighted by molar-refractivity contribution is -0.190. The summed E-state index contributed by atoms with van der Waals surface area (Å²) in [5.41, 5.74) is 1.21. The number of ether oxygens (including phenoxy) is 3. The second-order valence-corrected chi connectivity index (χ2v) is 20.3. The van der Waals surface area contributed by atoms with Gasteiger partial charge in [-0.25, -0.2) is 0 Å². The smallest absolute Gasteiger partial charge is 0.309 e. The molecule has 0 radical (unpaired) electrons. The molecule has 0 aliphatic carbocycles. The van der Waals surface area contributed by atoms with Gasteiger partial charge < -0.3 is 18.6 Å². The van der Waals surface area contributed by atoms with Crippen LogP contribution in [0.15, 0.2) is 30.3 Å². The fourth-order valence-electron chi connectivity index (χ4n) is 6.24. The standard InChI is InChI=1S/C40H72O5Si/c1-9-11-13-15-16-21-26-35(31-34-24-18-17-19-25-34)39(41)43-32-36(27-20-14-12-10-2)37(45-46(7,8)40(4,5)6)30-33(3)44-38-28-22-23-29-42-38/h17-19,24-25,33,35-38H,9-16,20-23,26-32H2,1-8H3. The van der Waals surface area contributed by atoms with E-state index in [0.717, 1.165) is 64.4 Å². The lowest BCUT2D eigenvalue weighted by atomic mass is 9.91. The molecule has 0 saturated carbocycles. The normalized spacial score (nSPS) is 18.6. The zero-order valence-electron chi connectivity index (χ0n) is 31.2. The van der Waals surface area contributed by atoms with Gasteiger partial charge in [0.1, 0.15) is 0 Å². The molecule has 1 fully saturated rings. The molecule has 46 heavy (non-hydrogen) atoms. The van der Waals surface area contributed by atoms with Crippen LogP contribution in [-0.4, -0.2) is 46.0 Å². The summed E-state index contributed by atoms with van der Waals surface area (Å²) in [6.07, 6.45) is 18.6. The van der Waals surface area contributed by atoms with Crippen molar-refractivity contribution in [1.82, 2.24) is 0 Å². The van der Waals surface area contributed by atoms with Gasteiger partial charge in [-0.3, -0.25) is 4.79 Å². The number of esters is 1. The van der Waals surface area contributed by atoms with Crippen molar-refractivity contribution in [3.05, 3.63) is 35.9 Å². The molecule has 0 spiro atoms. The van der Waals surface area contributed by atoms with E-state index in [1.807, 2.05) is 6.07 Å². The molecule has 1 aliphatic rings. The number of benzene rings is 1. The van der Waals surface area contributed by atoms with Gasteiger partial charge in [0.25, 0.3) is 0 Å². The molecule has 1 heterocycles. The van der Waals surface area contributed by atoms with E-state index in [4.69, 9.17) is 18.6 Å². The highest BCUT2D eigenvalue weighted by Gasteiger charge is 2.41. The first-order valence-corrected chi connectivity index (χ1v) is 22.0. The minimum Gasteiger partial charge on any atom is -0.465 e. The van der Waals surface area contributed by atoms with Crippen molar-refractivity contribution >= 4 is 14.3 Å². The van der Waals surface area contributed by atoms with Crippen LogP contribution in [0.2, 0.25) is 18.1 Å². The fourth-order valence-corrected chi connectivity index (χ4v) is 7.64. The Hall–Kier alpha value is -1.21. The molecular formula is C40H72O5Si. The summed E-state index contributed by atoms with van der Waals surface area (Å²) in [6.45, 7) is 19.5. The largest absolute Gasteiger partial charge is 0.465 e. The van der Waals surface area contributed by atoms with E-state index in [0.29, 0.717) is 6.61 Å². The van der Waals surface area contributed by atoms with Crippen LogP contribution in [0.4, 0.5) is 0 Å². The Kier molecular flexibility index (Phi) is 20.0. The second kappa shape index (κ2) is 22.4. The third kappa shape index (κ3) is 16.3. The van der Waals surface area contributed by atoms with Crippen molar-refractivity contribution in [2.45, 2.75) is 187 Å². The number of carbonyl (C=O) groups is 1. The Bertz CT molecular complexity index is 908. The first-order valence-electron chi connectivity index (χ1n) is 19.1. The summed E-state index contributed by atoms with van der Waals surface area (Å²) < 4.78 is 25.9. The van der Waals surface area contributed by atoms with Crippen LogP contribution < -0.4 is 0 Å². The number of hydrogen-bond donors (Lipinski definition) is 0. The first-order chi connectivity index (χ1) is 22.0. The summed E-state index contributed by atoms with van der Waals surface area (Å²) in [6, 6.07) is 10.5. The van der Waals surface area contributed by atoms with Crippen LogP contribution in [0.3, 0.4) is 0 Å². The van der Waals surface area contributed by atoms with Crippen LogP contribution >= 0.6 is 0 Å². The Morgan fingerprint density at radius 3 is 2.17 bits per heavy atom. The van der Waals surface area contributed by atoms with Crippen molar-refractivity contribution in [2.75, 3.05) is 13.2 Å². The second-order valence-electron chi connectivity index (χ2n) is 15.6. The van der Waals surface area contributed by atoms with Crippen molar-refractivity contribution in [2.24, 2.45) is 11.8 Å². The van der Waals surface area contributed by atoms with E-state index in [1.54, 1.807) is 0 Å². The van der Waals surface area contributed by atoms with Gasteiger partial charge in [0.15, 0.2) is 14.6 Å². The van der Waals surface area contributed by atoms with Crippen LogP contribution in [0, 0.1) is 11.8 Å². The van der Waals surface area contributed by atoms with Crippen molar-refractivity contribution in [1.29, 1.82) is 0 Å².